The first-order chi connectivity index (χ1) is 9.83. The van der Waals surface area contributed by atoms with Crippen molar-refractivity contribution >= 4 is 44.8 Å². The fourth-order valence-corrected chi connectivity index (χ4v) is 3.65. The van der Waals surface area contributed by atoms with Crippen molar-refractivity contribution in [1.82, 2.24) is 14.5 Å². The molecule has 1 aromatic heterocycles. The van der Waals surface area contributed by atoms with Crippen molar-refractivity contribution in [3.8, 4) is 0 Å². The zero-order valence-corrected chi connectivity index (χ0v) is 14.1. The van der Waals surface area contributed by atoms with Crippen LogP contribution in [0.25, 0.3) is 0 Å². The molecule has 0 atom stereocenters. The molecule has 0 amide bonds. The zero-order valence-electron chi connectivity index (χ0n) is 11.0. The molecule has 0 radical (unpaired) electrons. The highest BCUT2D eigenvalue weighted by Gasteiger charge is 2.19. The van der Waals surface area contributed by atoms with Crippen LogP contribution in [0.15, 0.2) is 29.4 Å². The quantitative estimate of drug-likeness (QED) is 0.823. The van der Waals surface area contributed by atoms with Gasteiger partial charge in [0, 0.05) is 24.8 Å². The fraction of sp³-hybridized carbons (Fsp3) is 0.250. The molecule has 9 heteroatoms. The lowest BCUT2D eigenvalue weighted by atomic mass is 10.4. The number of sulfonamides is 1. The second kappa shape index (κ2) is 6.54. The molecular weight excluding hydrogens is 357 g/mol. The number of nitrogens with zero attached hydrogens (tertiary/aromatic N) is 2. The van der Waals surface area contributed by atoms with Gasteiger partial charge < -0.3 is 0 Å². The monoisotopic (exact) mass is 367 g/mol. The molecule has 0 aliphatic heterocycles. The van der Waals surface area contributed by atoms with Crippen molar-refractivity contribution in [3.63, 3.8) is 0 Å². The molecule has 0 unspecified atom stereocenters. The van der Waals surface area contributed by atoms with E-state index in [1.54, 1.807) is 17.1 Å². The highest BCUT2D eigenvalue weighted by Crippen LogP contribution is 2.31. The molecule has 0 saturated carbocycles. The van der Waals surface area contributed by atoms with Gasteiger partial charge in [-0.3, -0.25) is 4.68 Å². The second-order valence-corrected chi connectivity index (χ2v) is 7.18. The average molecular weight is 369 g/mol. The van der Waals surface area contributed by atoms with E-state index in [2.05, 4.69) is 9.82 Å². The van der Waals surface area contributed by atoms with Crippen LogP contribution in [0.2, 0.25) is 15.1 Å². The fourth-order valence-electron chi connectivity index (χ4n) is 1.64. The van der Waals surface area contributed by atoms with E-state index >= 15 is 0 Å². The van der Waals surface area contributed by atoms with Crippen LogP contribution in [0.1, 0.15) is 12.5 Å². The van der Waals surface area contributed by atoms with Crippen LogP contribution in [0, 0.1) is 0 Å². The van der Waals surface area contributed by atoms with E-state index in [4.69, 9.17) is 34.8 Å². The number of hydrogen-bond acceptors (Lipinski definition) is 3. The first-order valence-electron chi connectivity index (χ1n) is 5.99. The van der Waals surface area contributed by atoms with E-state index in [-0.39, 0.29) is 26.5 Å². The molecule has 1 aromatic carbocycles. The summed E-state index contributed by atoms with van der Waals surface area (Å²) in [7, 11) is -3.79. The van der Waals surface area contributed by atoms with Crippen molar-refractivity contribution in [2.75, 3.05) is 0 Å². The van der Waals surface area contributed by atoms with Gasteiger partial charge in [0.2, 0.25) is 10.0 Å². The van der Waals surface area contributed by atoms with Gasteiger partial charge in [-0.05, 0) is 19.1 Å². The third kappa shape index (κ3) is 3.90. The maximum atomic E-state index is 12.2. The minimum atomic E-state index is -3.79. The van der Waals surface area contributed by atoms with Gasteiger partial charge in [-0.15, -0.1) is 0 Å². The van der Waals surface area contributed by atoms with E-state index in [9.17, 15) is 8.42 Å². The molecule has 0 spiro atoms. The van der Waals surface area contributed by atoms with Crippen LogP contribution in [-0.4, -0.2) is 18.2 Å². The smallest absolute Gasteiger partial charge is 0.242 e. The summed E-state index contributed by atoms with van der Waals surface area (Å²) >= 11 is 17.5. The summed E-state index contributed by atoms with van der Waals surface area (Å²) in [6.07, 6.45) is 3.36. The first-order valence-corrected chi connectivity index (χ1v) is 8.60. The maximum Gasteiger partial charge on any atom is 0.242 e. The number of halogens is 3. The van der Waals surface area contributed by atoms with Crippen LogP contribution in [0.5, 0.6) is 0 Å². The summed E-state index contributed by atoms with van der Waals surface area (Å²) in [5.74, 6) is 0. The van der Waals surface area contributed by atoms with Gasteiger partial charge in [0.05, 0.1) is 21.3 Å². The average Bonchev–Trinajstić information content (AvgIpc) is 2.88. The van der Waals surface area contributed by atoms with Crippen molar-refractivity contribution in [2.24, 2.45) is 0 Å². The molecule has 2 rings (SSSR count). The Bertz CT molecular complexity index is 759. The molecule has 21 heavy (non-hydrogen) atoms. The van der Waals surface area contributed by atoms with E-state index < -0.39 is 10.0 Å². The van der Waals surface area contributed by atoms with Gasteiger partial charge in [-0.2, -0.15) is 5.10 Å². The molecule has 1 N–H and O–H groups in total. The lowest BCUT2D eigenvalue weighted by Crippen LogP contribution is -2.23. The molecule has 1 heterocycles. The van der Waals surface area contributed by atoms with Gasteiger partial charge >= 0.3 is 0 Å². The van der Waals surface area contributed by atoms with Crippen molar-refractivity contribution in [2.45, 2.75) is 24.9 Å². The summed E-state index contributed by atoms with van der Waals surface area (Å²) < 4.78 is 28.6. The lowest BCUT2D eigenvalue weighted by molar-refractivity contribution is 0.581. The SMILES string of the molecule is CCn1cc(CNS(=O)(=O)c2cc(Cl)c(Cl)cc2Cl)cn1. The molecule has 114 valence electrons. The Balaban J connectivity index is 2.20. The third-order valence-corrected chi connectivity index (χ3v) is 5.33. The molecular formula is C12H12Cl3N3O2S. The van der Waals surface area contributed by atoms with Gasteiger partial charge in [-0.25, -0.2) is 13.1 Å². The minimum absolute atomic E-state index is 0.0150. The number of aryl methyl sites for hydroxylation is 1. The standard InChI is InChI=1S/C12H12Cl3N3O2S/c1-2-18-7-8(5-16-18)6-17-21(19,20)12-4-10(14)9(13)3-11(12)15/h3-5,7,17H,2,6H2,1H3. The summed E-state index contributed by atoms with van der Waals surface area (Å²) in [6.45, 7) is 2.76. The molecule has 0 aliphatic carbocycles. The molecule has 2 aromatic rings. The molecule has 0 bridgehead atoms. The second-order valence-electron chi connectivity index (χ2n) is 4.23. The van der Waals surface area contributed by atoms with Crippen LogP contribution < -0.4 is 4.72 Å². The highest BCUT2D eigenvalue weighted by atomic mass is 35.5. The Morgan fingerprint density at radius 1 is 1.19 bits per heavy atom. The summed E-state index contributed by atoms with van der Waals surface area (Å²) in [5, 5.41) is 4.41. The Labute approximate surface area is 137 Å². The van der Waals surface area contributed by atoms with E-state index in [0.29, 0.717) is 6.54 Å². The highest BCUT2D eigenvalue weighted by molar-refractivity contribution is 7.89. The summed E-state index contributed by atoms with van der Waals surface area (Å²) in [4.78, 5) is -0.110. The predicted molar refractivity (Wildman–Crippen MR) is 83.4 cm³/mol. The summed E-state index contributed by atoms with van der Waals surface area (Å²) in [6, 6.07) is 2.53. The van der Waals surface area contributed by atoms with Crippen molar-refractivity contribution in [3.05, 3.63) is 45.2 Å². The minimum Gasteiger partial charge on any atom is -0.273 e. The van der Waals surface area contributed by atoms with E-state index in [0.717, 1.165) is 5.56 Å². The molecule has 0 saturated heterocycles. The Morgan fingerprint density at radius 3 is 2.48 bits per heavy atom. The van der Waals surface area contributed by atoms with Gasteiger partial charge in [-0.1, -0.05) is 34.8 Å². The van der Waals surface area contributed by atoms with Crippen LogP contribution in [-0.2, 0) is 23.1 Å². The van der Waals surface area contributed by atoms with Crippen molar-refractivity contribution in [1.29, 1.82) is 0 Å². The molecule has 0 aliphatic rings. The Hall–Kier alpha value is -0.790. The normalized spacial score (nSPS) is 11.8. The third-order valence-electron chi connectivity index (χ3n) is 2.74. The van der Waals surface area contributed by atoms with Crippen LogP contribution in [0.3, 0.4) is 0 Å². The molecule has 0 fully saturated rings. The molecule has 5 nitrogen and oxygen atoms in total. The Kier molecular flexibility index (Phi) is 5.16. The predicted octanol–water partition coefficient (Wildman–Crippen LogP) is 3.34. The summed E-state index contributed by atoms with van der Waals surface area (Å²) in [5.41, 5.74) is 0.747. The van der Waals surface area contributed by atoms with E-state index in [1.165, 1.54) is 12.1 Å². The number of benzene rings is 1. The number of rotatable bonds is 5. The maximum absolute atomic E-state index is 12.2. The van der Waals surface area contributed by atoms with Crippen LogP contribution >= 0.6 is 34.8 Å². The van der Waals surface area contributed by atoms with Crippen molar-refractivity contribution < 1.29 is 8.42 Å². The number of hydrogen-bond donors (Lipinski definition) is 1. The van der Waals surface area contributed by atoms with Gasteiger partial charge in [0.25, 0.3) is 0 Å². The van der Waals surface area contributed by atoms with E-state index in [1.807, 2.05) is 6.92 Å². The first kappa shape index (κ1) is 16.6. The largest absolute Gasteiger partial charge is 0.273 e. The zero-order chi connectivity index (χ0) is 15.6. The van der Waals surface area contributed by atoms with Gasteiger partial charge in [0.15, 0.2) is 0 Å². The van der Waals surface area contributed by atoms with Gasteiger partial charge in [0.1, 0.15) is 4.90 Å². The lowest BCUT2D eigenvalue weighted by Gasteiger charge is -2.08. The number of nitrogens with one attached hydrogen (secondary N) is 1. The topological polar surface area (TPSA) is 64.0 Å². The van der Waals surface area contributed by atoms with Crippen LogP contribution in [0.4, 0.5) is 0 Å². The Morgan fingerprint density at radius 2 is 1.86 bits per heavy atom. The number of aromatic nitrogens is 2.